The van der Waals surface area contributed by atoms with Crippen LogP contribution < -0.4 is 16.9 Å². The summed E-state index contributed by atoms with van der Waals surface area (Å²) in [5.74, 6) is 0.0902. The van der Waals surface area contributed by atoms with Crippen LogP contribution in [-0.2, 0) is 6.54 Å². The number of H-pyrrole nitrogens is 1. The highest BCUT2D eigenvalue weighted by Gasteiger charge is 2.22. The van der Waals surface area contributed by atoms with E-state index >= 15 is 0 Å². The maximum absolute atomic E-state index is 13.1. The van der Waals surface area contributed by atoms with Crippen molar-refractivity contribution >= 4 is 16.7 Å². The van der Waals surface area contributed by atoms with Gasteiger partial charge in [-0.15, -0.1) is 0 Å². The molecule has 0 fully saturated rings. The van der Waals surface area contributed by atoms with Crippen LogP contribution in [0.1, 0.15) is 22.5 Å². The van der Waals surface area contributed by atoms with E-state index in [1.165, 1.54) is 0 Å². The Labute approximate surface area is 176 Å². The maximum atomic E-state index is 13.1. The largest absolute Gasteiger partial charge is 0.384 e. The Morgan fingerprint density at radius 2 is 1.77 bits per heavy atom. The second-order valence-corrected chi connectivity index (χ2v) is 7.02. The Kier molecular flexibility index (Phi) is 4.82. The lowest BCUT2D eigenvalue weighted by Crippen LogP contribution is -2.29. The standard InChI is InChI=1S/C23H16N6O2/c1-13-7-8-18-15(9-13)22(30)28-19(27-18)12-29-21(26)16(10-24)20(17(11-25)23(29)31)14-5-3-2-4-6-14/h2-9H,12,26H2,1H3,(H,27,28,30). The Bertz CT molecular complexity index is 1540. The normalized spacial score (nSPS) is 10.5. The molecule has 2 aromatic carbocycles. The lowest BCUT2D eigenvalue weighted by molar-refractivity contribution is 0.723. The molecule has 0 atom stereocenters. The molecule has 0 spiro atoms. The summed E-state index contributed by atoms with van der Waals surface area (Å²) >= 11 is 0. The zero-order chi connectivity index (χ0) is 22.1. The molecule has 0 bridgehead atoms. The van der Waals surface area contributed by atoms with Crippen molar-refractivity contribution in [3.05, 3.63) is 91.8 Å². The number of pyridine rings is 1. The Hall–Kier alpha value is -4.69. The lowest BCUT2D eigenvalue weighted by atomic mass is 9.96. The summed E-state index contributed by atoms with van der Waals surface area (Å²) in [6.07, 6.45) is 0. The number of nitrogens with two attached hydrogens (primary N) is 1. The third-order valence-corrected chi connectivity index (χ3v) is 5.01. The van der Waals surface area contributed by atoms with Crippen LogP contribution in [0.4, 0.5) is 5.82 Å². The highest BCUT2D eigenvalue weighted by atomic mass is 16.1. The van der Waals surface area contributed by atoms with Gasteiger partial charge in [0.25, 0.3) is 11.1 Å². The molecule has 3 N–H and O–H groups in total. The Balaban J connectivity index is 1.93. The maximum Gasteiger partial charge on any atom is 0.271 e. The summed E-state index contributed by atoms with van der Waals surface area (Å²) in [6.45, 7) is 1.68. The topological polar surface area (TPSA) is 141 Å². The predicted octanol–water partition coefficient (Wildman–Crippen LogP) is 2.43. The van der Waals surface area contributed by atoms with Gasteiger partial charge in [-0.1, -0.05) is 42.0 Å². The van der Waals surface area contributed by atoms with E-state index in [0.717, 1.165) is 10.1 Å². The van der Waals surface area contributed by atoms with Crippen LogP contribution in [-0.4, -0.2) is 14.5 Å². The van der Waals surface area contributed by atoms with Gasteiger partial charge in [-0.2, -0.15) is 10.5 Å². The molecule has 0 saturated heterocycles. The molecule has 0 aliphatic carbocycles. The summed E-state index contributed by atoms with van der Waals surface area (Å²) in [6, 6.07) is 17.9. The van der Waals surface area contributed by atoms with Crippen molar-refractivity contribution in [2.24, 2.45) is 0 Å². The molecule has 2 aromatic heterocycles. The molecule has 4 aromatic rings. The van der Waals surface area contributed by atoms with Crippen molar-refractivity contribution in [2.75, 3.05) is 5.73 Å². The fraction of sp³-hybridized carbons (Fsp3) is 0.0870. The van der Waals surface area contributed by atoms with Gasteiger partial charge in [-0.3, -0.25) is 14.2 Å². The molecular formula is C23H16N6O2. The number of aromatic amines is 1. The number of rotatable bonds is 3. The van der Waals surface area contributed by atoms with Gasteiger partial charge in [0.2, 0.25) is 0 Å². The molecule has 0 aliphatic rings. The van der Waals surface area contributed by atoms with Crippen LogP contribution in [0.25, 0.3) is 22.0 Å². The second-order valence-electron chi connectivity index (χ2n) is 7.02. The number of nitrogens with one attached hydrogen (secondary N) is 1. The van der Waals surface area contributed by atoms with Gasteiger partial charge in [0, 0.05) is 5.56 Å². The van der Waals surface area contributed by atoms with E-state index in [-0.39, 0.29) is 40.4 Å². The first kappa shape index (κ1) is 19.6. The monoisotopic (exact) mass is 408 g/mol. The summed E-state index contributed by atoms with van der Waals surface area (Å²) in [5.41, 5.74) is 7.11. The van der Waals surface area contributed by atoms with Gasteiger partial charge in [-0.05, 0) is 24.6 Å². The molecule has 0 unspecified atom stereocenters. The minimum Gasteiger partial charge on any atom is -0.384 e. The van der Waals surface area contributed by atoms with Crippen LogP contribution in [0, 0.1) is 29.6 Å². The van der Waals surface area contributed by atoms with Crippen LogP contribution in [0.3, 0.4) is 0 Å². The molecule has 2 heterocycles. The number of nitriles is 2. The first-order valence-corrected chi connectivity index (χ1v) is 9.36. The first-order chi connectivity index (χ1) is 14.9. The van der Waals surface area contributed by atoms with Gasteiger partial charge in [-0.25, -0.2) is 4.98 Å². The molecule has 0 aliphatic heterocycles. The second kappa shape index (κ2) is 7.62. The zero-order valence-electron chi connectivity index (χ0n) is 16.5. The van der Waals surface area contributed by atoms with Crippen LogP contribution in [0.5, 0.6) is 0 Å². The third kappa shape index (κ3) is 3.33. The number of anilines is 1. The average Bonchev–Trinajstić information content (AvgIpc) is 2.77. The molecule has 8 nitrogen and oxygen atoms in total. The van der Waals surface area contributed by atoms with Crippen molar-refractivity contribution in [3.63, 3.8) is 0 Å². The number of nitrogen functional groups attached to an aromatic ring is 1. The highest BCUT2D eigenvalue weighted by molar-refractivity contribution is 5.80. The molecule has 31 heavy (non-hydrogen) atoms. The SMILES string of the molecule is Cc1ccc2nc(Cn3c(N)c(C#N)c(-c4ccccc4)c(C#N)c3=O)[nH]c(=O)c2c1. The summed E-state index contributed by atoms with van der Waals surface area (Å²) in [5, 5.41) is 19.9. The highest BCUT2D eigenvalue weighted by Crippen LogP contribution is 2.29. The third-order valence-electron chi connectivity index (χ3n) is 5.01. The van der Waals surface area contributed by atoms with Gasteiger partial charge in [0.15, 0.2) is 0 Å². The average molecular weight is 408 g/mol. The van der Waals surface area contributed by atoms with Gasteiger partial charge in [0.1, 0.15) is 34.9 Å². The summed E-state index contributed by atoms with van der Waals surface area (Å²) in [7, 11) is 0. The molecule has 8 heteroatoms. The molecule has 0 saturated carbocycles. The minimum atomic E-state index is -0.662. The lowest BCUT2D eigenvalue weighted by Gasteiger charge is -2.15. The van der Waals surface area contributed by atoms with E-state index in [1.54, 1.807) is 42.5 Å². The van der Waals surface area contributed by atoms with Crippen molar-refractivity contribution < 1.29 is 0 Å². The minimum absolute atomic E-state index is 0.0149. The van der Waals surface area contributed by atoms with Crippen molar-refractivity contribution in [3.8, 4) is 23.3 Å². The molecule has 150 valence electrons. The van der Waals surface area contributed by atoms with Crippen LogP contribution >= 0.6 is 0 Å². The fourth-order valence-corrected chi connectivity index (χ4v) is 3.53. The Morgan fingerprint density at radius 3 is 2.45 bits per heavy atom. The van der Waals surface area contributed by atoms with Gasteiger partial charge >= 0.3 is 0 Å². The quantitative estimate of drug-likeness (QED) is 0.533. The Morgan fingerprint density at radius 1 is 1.06 bits per heavy atom. The van der Waals surface area contributed by atoms with E-state index in [4.69, 9.17) is 5.73 Å². The van der Waals surface area contributed by atoms with Gasteiger partial charge in [0.05, 0.1) is 17.4 Å². The molecule has 4 rings (SSSR count). The van der Waals surface area contributed by atoms with E-state index in [9.17, 15) is 20.1 Å². The van der Waals surface area contributed by atoms with Gasteiger partial charge < -0.3 is 10.7 Å². The smallest absolute Gasteiger partial charge is 0.271 e. The number of aryl methyl sites for hydroxylation is 1. The van der Waals surface area contributed by atoms with Crippen molar-refractivity contribution in [1.29, 1.82) is 10.5 Å². The molecular weight excluding hydrogens is 392 g/mol. The number of hydrogen-bond donors (Lipinski definition) is 2. The summed E-state index contributed by atoms with van der Waals surface area (Å²) in [4.78, 5) is 32.7. The molecule has 0 radical (unpaired) electrons. The fourth-order valence-electron chi connectivity index (χ4n) is 3.53. The predicted molar refractivity (Wildman–Crippen MR) is 116 cm³/mol. The number of benzene rings is 2. The van der Waals surface area contributed by atoms with Crippen molar-refractivity contribution in [2.45, 2.75) is 13.5 Å². The number of nitrogens with zero attached hydrogens (tertiary/aromatic N) is 4. The number of fused-ring (bicyclic) bond motifs is 1. The van der Waals surface area contributed by atoms with E-state index in [1.807, 2.05) is 25.1 Å². The van der Waals surface area contributed by atoms with Crippen LogP contribution in [0.15, 0.2) is 58.1 Å². The van der Waals surface area contributed by atoms with E-state index in [0.29, 0.717) is 16.5 Å². The summed E-state index contributed by atoms with van der Waals surface area (Å²) < 4.78 is 1.09. The van der Waals surface area contributed by atoms with Crippen molar-refractivity contribution in [1.82, 2.24) is 14.5 Å². The van der Waals surface area contributed by atoms with E-state index in [2.05, 4.69) is 9.97 Å². The first-order valence-electron chi connectivity index (χ1n) is 9.36. The molecule has 0 amide bonds. The van der Waals surface area contributed by atoms with E-state index < -0.39 is 5.56 Å². The number of aromatic nitrogens is 3. The number of hydrogen-bond acceptors (Lipinski definition) is 6. The van der Waals surface area contributed by atoms with Crippen LogP contribution in [0.2, 0.25) is 0 Å². The zero-order valence-corrected chi connectivity index (χ0v) is 16.5.